The highest BCUT2D eigenvalue weighted by Gasteiger charge is 2.34. The zero-order valence-corrected chi connectivity index (χ0v) is 15.0. The summed E-state index contributed by atoms with van der Waals surface area (Å²) in [6.45, 7) is 3.89. The highest BCUT2D eigenvalue weighted by Crippen LogP contribution is 2.32. The second kappa shape index (κ2) is 8.13. The Kier molecular flexibility index (Phi) is 5.90. The van der Waals surface area contributed by atoms with Crippen molar-refractivity contribution in [3.8, 4) is 0 Å². The van der Waals surface area contributed by atoms with E-state index in [1.165, 1.54) is 31.2 Å². The van der Waals surface area contributed by atoms with E-state index in [9.17, 15) is 4.79 Å². The summed E-state index contributed by atoms with van der Waals surface area (Å²) >= 11 is 0. The van der Waals surface area contributed by atoms with Gasteiger partial charge in [0.05, 0.1) is 0 Å². The summed E-state index contributed by atoms with van der Waals surface area (Å²) in [7, 11) is 2.11. The van der Waals surface area contributed by atoms with E-state index < -0.39 is 0 Å². The predicted molar refractivity (Wildman–Crippen MR) is 97.7 cm³/mol. The van der Waals surface area contributed by atoms with E-state index in [1.807, 2.05) is 6.07 Å². The van der Waals surface area contributed by atoms with Crippen molar-refractivity contribution in [2.75, 3.05) is 13.6 Å². The number of carbonyl (C=O) groups excluding carboxylic acids is 1. The molecule has 2 aliphatic heterocycles. The Morgan fingerprint density at radius 2 is 1.92 bits per heavy atom. The van der Waals surface area contributed by atoms with Crippen molar-refractivity contribution in [3.05, 3.63) is 35.9 Å². The molecule has 132 valence electrons. The summed E-state index contributed by atoms with van der Waals surface area (Å²) in [5.74, 6) is 0.792. The van der Waals surface area contributed by atoms with Crippen LogP contribution in [0.15, 0.2) is 30.3 Å². The van der Waals surface area contributed by atoms with Crippen molar-refractivity contribution in [3.63, 3.8) is 0 Å². The van der Waals surface area contributed by atoms with Gasteiger partial charge >= 0.3 is 0 Å². The van der Waals surface area contributed by atoms with Crippen LogP contribution >= 0.6 is 0 Å². The molecular formula is C20H31N3O. The maximum atomic E-state index is 12.3. The molecule has 1 aromatic rings. The normalized spacial score (nSPS) is 27.2. The number of rotatable bonds is 7. The molecule has 3 unspecified atom stereocenters. The summed E-state index contributed by atoms with van der Waals surface area (Å²) in [4.78, 5) is 14.6. The van der Waals surface area contributed by atoms with Crippen LogP contribution in [0.3, 0.4) is 0 Å². The average Bonchev–Trinajstić information content (AvgIpc) is 2.86. The molecule has 1 amide bonds. The molecule has 3 rings (SSSR count). The van der Waals surface area contributed by atoms with E-state index in [2.05, 4.69) is 53.8 Å². The number of benzene rings is 1. The van der Waals surface area contributed by atoms with Gasteiger partial charge in [0.15, 0.2) is 0 Å². The SMILES string of the molecule is CC(CN(C)Cc1ccccc1)NC(=O)CC1CC2CCC(C1)N2. The lowest BCUT2D eigenvalue weighted by Gasteiger charge is -2.29. The van der Waals surface area contributed by atoms with Crippen LogP contribution < -0.4 is 10.6 Å². The van der Waals surface area contributed by atoms with Gasteiger partial charge in [-0.15, -0.1) is 0 Å². The van der Waals surface area contributed by atoms with Crippen LogP contribution in [0, 0.1) is 5.92 Å². The first-order valence-corrected chi connectivity index (χ1v) is 9.36. The monoisotopic (exact) mass is 329 g/mol. The molecule has 0 radical (unpaired) electrons. The number of fused-ring (bicyclic) bond motifs is 2. The van der Waals surface area contributed by atoms with E-state index in [0.29, 0.717) is 24.4 Å². The van der Waals surface area contributed by atoms with Gasteiger partial charge in [-0.2, -0.15) is 0 Å². The number of carbonyl (C=O) groups is 1. The van der Waals surface area contributed by atoms with Gasteiger partial charge in [0.25, 0.3) is 0 Å². The lowest BCUT2D eigenvalue weighted by molar-refractivity contribution is -0.123. The van der Waals surface area contributed by atoms with E-state index >= 15 is 0 Å². The van der Waals surface area contributed by atoms with E-state index in [4.69, 9.17) is 0 Å². The zero-order chi connectivity index (χ0) is 16.9. The summed E-state index contributed by atoms with van der Waals surface area (Å²) in [6.07, 6.45) is 5.63. The number of nitrogens with zero attached hydrogens (tertiary/aromatic N) is 1. The third-order valence-corrected chi connectivity index (χ3v) is 5.33. The minimum Gasteiger partial charge on any atom is -0.352 e. The first kappa shape index (κ1) is 17.4. The summed E-state index contributed by atoms with van der Waals surface area (Å²) in [5, 5.41) is 6.84. The van der Waals surface area contributed by atoms with Crippen molar-refractivity contribution >= 4 is 5.91 Å². The number of nitrogens with one attached hydrogen (secondary N) is 2. The van der Waals surface area contributed by atoms with Crippen molar-refractivity contribution in [1.82, 2.24) is 15.5 Å². The third kappa shape index (κ3) is 5.05. The quantitative estimate of drug-likeness (QED) is 0.808. The van der Waals surface area contributed by atoms with Gasteiger partial charge in [0.2, 0.25) is 5.91 Å². The highest BCUT2D eigenvalue weighted by molar-refractivity contribution is 5.76. The molecule has 2 N–H and O–H groups in total. The summed E-state index contributed by atoms with van der Waals surface area (Å²) in [6, 6.07) is 12.0. The highest BCUT2D eigenvalue weighted by atomic mass is 16.1. The van der Waals surface area contributed by atoms with E-state index in [-0.39, 0.29) is 11.9 Å². The van der Waals surface area contributed by atoms with Crippen molar-refractivity contribution in [2.45, 2.75) is 63.7 Å². The molecule has 4 heteroatoms. The molecule has 2 bridgehead atoms. The number of piperidine rings is 1. The maximum absolute atomic E-state index is 12.3. The predicted octanol–water partition coefficient (Wildman–Crippen LogP) is 2.54. The molecule has 0 aliphatic carbocycles. The van der Waals surface area contributed by atoms with E-state index in [1.54, 1.807) is 0 Å². The second-order valence-corrected chi connectivity index (χ2v) is 7.83. The lowest BCUT2D eigenvalue weighted by Crippen LogP contribution is -2.43. The average molecular weight is 329 g/mol. The molecule has 0 aromatic heterocycles. The first-order valence-electron chi connectivity index (χ1n) is 9.36. The Balaban J connectivity index is 1.38. The topological polar surface area (TPSA) is 44.4 Å². The Morgan fingerprint density at radius 1 is 1.25 bits per heavy atom. The molecule has 24 heavy (non-hydrogen) atoms. The van der Waals surface area contributed by atoms with Crippen LogP contribution in [0.1, 0.15) is 44.6 Å². The van der Waals surface area contributed by atoms with Crippen LogP contribution in [-0.2, 0) is 11.3 Å². The van der Waals surface area contributed by atoms with Crippen LogP contribution in [-0.4, -0.2) is 42.5 Å². The summed E-state index contributed by atoms with van der Waals surface area (Å²) < 4.78 is 0. The Morgan fingerprint density at radius 3 is 2.58 bits per heavy atom. The van der Waals surface area contributed by atoms with Crippen molar-refractivity contribution in [1.29, 1.82) is 0 Å². The first-order chi connectivity index (χ1) is 11.6. The minimum absolute atomic E-state index is 0.185. The number of hydrogen-bond donors (Lipinski definition) is 2. The molecule has 2 fully saturated rings. The van der Waals surface area contributed by atoms with Crippen LogP contribution in [0.2, 0.25) is 0 Å². The van der Waals surface area contributed by atoms with Gasteiger partial charge in [-0.25, -0.2) is 0 Å². The molecule has 0 spiro atoms. The fourth-order valence-electron chi connectivity index (χ4n) is 4.41. The fraction of sp³-hybridized carbons (Fsp3) is 0.650. The van der Waals surface area contributed by atoms with Gasteiger partial charge in [-0.1, -0.05) is 30.3 Å². The fourth-order valence-corrected chi connectivity index (χ4v) is 4.41. The molecule has 3 atom stereocenters. The maximum Gasteiger partial charge on any atom is 0.220 e. The molecular weight excluding hydrogens is 298 g/mol. The third-order valence-electron chi connectivity index (χ3n) is 5.33. The zero-order valence-electron chi connectivity index (χ0n) is 15.0. The standard InChI is InChI=1S/C20H31N3O/c1-15(13-23(2)14-16-6-4-3-5-7-16)21-20(24)12-17-10-18-8-9-19(11-17)22-18/h3-7,15,17-19,22H,8-14H2,1-2H3,(H,21,24). The minimum atomic E-state index is 0.185. The number of hydrogen-bond acceptors (Lipinski definition) is 3. The van der Waals surface area contributed by atoms with Crippen molar-refractivity contribution in [2.24, 2.45) is 5.92 Å². The van der Waals surface area contributed by atoms with Crippen LogP contribution in [0.4, 0.5) is 0 Å². The van der Waals surface area contributed by atoms with Crippen LogP contribution in [0.25, 0.3) is 0 Å². The molecule has 2 heterocycles. The second-order valence-electron chi connectivity index (χ2n) is 7.83. The number of amides is 1. The Hall–Kier alpha value is -1.39. The van der Waals surface area contributed by atoms with Crippen molar-refractivity contribution < 1.29 is 4.79 Å². The lowest BCUT2D eigenvalue weighted by atomic mass is 9.89. The summed E-state index contributed by atoms with van der Waals surface area (Å²) in [5.41, 5.74) is 1.31. The van der Waals surface area contributed by atoms with Gasteiger partial charge in [0.1, 0.15) is 0 Å². The molecule has 2 aliphatic rings. The van der Waals surface area contributed by atoms with Gasteiger partial charge in [-0.05, 0) is 51.1 Å². The van der Waals surface area contributed by atoms with Gasteiger partial charge in [-0.3, -0.25) is 4.79 Å². The smallest absolute Gasteiger partial charge is 0.220 e. The van der Waals surface area contributed by atoms with Crippen LogP contribution in [0.5, 0.6) is 0 Å². The molecule has 4 nitrogen and oxygen atoms in total. The molecule has 0 saturated carbocycles. The molecule has 1 aromatic carbocycles. The Labute approximate surface area is 146 Å². The largest absolute Gasteiger partial charge is 0.352 e. The van der Waals surface area contributed by atoms with Gasteiger partial charge < -0.3 is 15.5 Å². The van der Waals surface area contributed by atoms with Gasteiger partial charge in [0, 0.05) is 37.6 Å². The molecule has 2 saturated heterocycles. The number of likely N-dealkylation sites (N-methyl/N-ethyl adjacent to an activating group) is 1. The Bertz CT molecular complexity index is 521. The van der Waals surface area contributed by atoms with E-state index in [0.717, 1.165) is 13.1 Å².